The van der Waals surface area contributed by atoms with Crippen molar-refractivity contribution in [2.24, 2.45) is 5.41 Å². The Hall–Kier alpha value is -1.78. The van der Waals surface area contributed by atoms with Crippen molar-refractivity contribution in [3.8, 4) is 0 Å². The number of nitrogens with one attached hydrogen (secondary N) is 1. The van der Waals surface area contributed by atoms with Crippen LogP contribution in [0.1, 0.15) is 43.6 Å². The predicted molar refractivity (Wildman–Crippen MR) is 71.0 cm³/mol. The Bertz CT molecular complexity index is 495. The van der Waals surface area contributed by atoms with Gasteiger partial charge in [-0.3, -0.25) is 9.59 Å². The normalized spacial score (nSPS) is 26.3. The van der Waals surface area contributed by atoms with Gasteiger partial charge in [-0.15, -0.1) is 0 Å². The van der Waals surface area contributed by atoms with Crippen molar-refractivity contribution in [2.75, 3.05) is 0 Å². The Morgan fingerprint density at radius 1 is 1.58 bits per heavy atom. The van der Waals surface area contributed by atoms with Gasteiger partial charge >= 0.3 is 5.97 Å². The third kappa shape index (κ3) is 2.37. The van der Waals surface area contributed by atoms with Gasteiger partial charge in [-0.2, -0.15) is 0 Å². The zero-order chi connectivity index (χ0) is 14.0. The number of carbonyl (C=O) groups is 2. The summed E-state index contributed by atoms with van der Waals surface area (Å²) in [5.41, 5.74) is -0.263. The number of carbonyl (C=O) groups excluding carboxylic acids is 1. The van der Waals surface area contributed by atoms with E-state index in [1.54, 1.807) is 13.0 Å². The van der Waals surface area contributed by atoms with Crippen LogP contribution in [0.15, 0.2) is 18.3 Å². The second-order valence-corrected chi connectivity index (χ2v) is 5.32. The summed E-state index contributed by atoms with van der Waals surface area (Å²) in [4.78, 5) is 23.6. The molecule has 2 atom stereocenters. The zero-order valence-corrected chi connectivity index (χ0v) is 11.3. The van der Waals surface area contributed by atoms with Crippen molar-refractivity contribution in [3.05, 3.63) is 24.0 Å². The lowest BCUT2D eigenvalue weighted by atomic mass is 9.85. The largest absolute Gasteiger partial charge is 0.481 e. The number of aromatic nitrogens is 1. The van der Waals surface area contributed by atoms with Crippen molar-refractivity contribution in [3.63, 3.8) is 0 Å². The lowest BCUT2D eigenvalue weighted by molar-refractivity contribution is -0.148. The van der Waals surface area contributed by atoms with Crippen LogP contribution in [0.4, 0.5) is 0 Å². The third-order valence-corrected chi connectivity index (χ3v) is 4.15. The molecular weight excluding hydrogens is 244 g/mol. The number of carboxylic acids is 1. The minimum Gasteiger partial charge on any atom is -0.481 e. The van der Waals surface area contributed by atoms with E-state index < -0.39 is 11.4 Å². The molecule has 1 heterocycles. The van der Waals surface area contributed by atoms with Crippen LogP contribution in [-0.2, 0) is 11.3 Å². The van der Waals surface area contributed by atoms with Gasteiger partial charge in [0.05, 0.1) is 5.41 Å². The highest BCUT2D eigenvalue weighted by Gasteiger charge is 2.46. The van der Waals surface area contributed by atoms with E-state index in [9.17, 15) is 14.7 Å². The summed E-state index contributed by atoms with van der Waals surface area (Å²) in [6.45, 7) is 4.40. The van der Waals surface area contributed by atoms with Gasteiger partial charge < -0.3 is 15.0 Å². The number of aliphatic carboxylic acids is 1. The second-order valence-electron chi connectivity index (χ2n) is 5.32. The quantitative estimate of drug-likeness (QED) is 0.872. The highest BCUT2D eigenvalue weighted by molar-refractivity contribution is 5.93. The maximum atomic E-state index is 12.2. The Labute approximate surface area is 112 Å². The molecule has 5 heteroatoms. The van der Waals surface area contributed by atoms with Crippen LogP contribution in [0.3, 0.4) is 0 Å². The third-order valence-electron chi connectivity index (χ3n) is 4.15. The molecule has 1 aromatic heterocycles. The summed E-state index contributed by atoms with van der Waals surface area (Å²) in [6.07, 6.45) is 4.02. The van der Waals surface area contributed by atoms with Crippen LogP contribution < -0.4 is 5.32 Å². The first-order chi connectivity index (χ1) is 8.99. The van der Waals surface area contributed by atoms with E-state index in [0.717, 1.165) is 19.4 Å². The first-order valence-electron chi connectivity index (χ1n) is 6.68. The van der Waals surface area contributed by atoms with Gasteiger partial charge in [0.1, 0.15) is 5.69 Å². The van der Waals surface area contributed by atoms with Gasteiger partial charge in [-0.05, 0) is 38.8 Å². The van der Waals surface area contributed by atoms with Crippen LogP contribution in [-0.4, -0.2) is 27.6 Å². The Kier molecular flexibility index (Phi) is 3.64. The van der Waals surface area contributed by atoms with Gasteiger partial charge in [-0.1, -0.05) is 6.42 Å². The summed E-state index contributed by atoms with van der Waals surface area (Å²) in [6, 6.07) is 3.28. The molecule has 2 N–H and O–H groups in total. The molecule has 2 unspecified atom stereocenters. The highest BCUT2D eigenvalue weighted by atomic mass is 16.4. The molecule has 0 aliphatic heterocycles. The van der Waals surface area contributed by atoms with Gasteiger partial charge in [0.2, 0.25) is 0 Å². The number of carboxylic acid groups (broad SMARTS) is 1. The number of aryl methyl sites for hydroxylation is 1. The topological polar surface area (TPSA) is 71.3 Å². The van der Waals surface area contributed by atoms with Crippen LogP contribution in [0.5, 0.6) is 0 Å². The molecular formula is C14H20N2O3. The molecule has 0 saturated heterocycles. The number of amides is 1. The van der Waals surface area contributed by atoms with E-state index in [2.05, 4.69) is 5.32 Å². The number of hydrogen-bond acceptors (Lipinski definition) is 2. The maximum absolute atomic E-state index is 12.2. The lowest BCUT2D eigenvalue weighted by Crippen LogP contribution is -2.47. The lowest BCUT2D eigenvalue weighted by Gasteiger charge is -2.27. The molecule has 1 aliphatic rings. The van der Waals surface area contributed by atoms with Gasteiger partial charge in [0.25, 0.3) is 5.91 Å². The average Bonchev–Trinajstić information content (AvgIpc) is 2.97. The Morgan fingerprint density at radius 3 is 2.95 bits per heavy atom. The van der Waals surface area contributed by atoms with Crippen molar-refractivity contribution >= 4 is 11.9 Å². The van der Waals surface area contributed by atoms with Crippen molar-refractivity contribution in [1.82, 2.24) is 9.88 Å². The standard InChI is InChI=1S/C14H20N2O3/c1-3-16-9-5-6-10(16)12(17)15-11-7-4-8-14(11,2)13(18)19/h5-6,9,11H,3-4,7-8H2,1-2H3,(H,15,17)(H,18,19). The molecule has 1 aromatic rings. The average molecular weight is 264 g/mol. The summed E-state index contributed by atoms with van der Waals surface area (Å²) in [7, 11) is 0. The fourth-order valence-electron chi connectivity index (χ4n) is 2.78. The molecule has 19 heavy (non-hydrogen) atoms. The molecule has 0 aromatic carbocycles. The predicted octanol–water partition coefficient (Wildman–Crippen LogP) is 1.88. The smallest absolute Gasteiger partial charge is 0.311 e. The van der Waals surface area contributed by atoms with Crippen molar-refractivity contribution in [2.45, 2.75) is 45.7 Å². The molecule has 1 aliphatic carbocycles. The van der Waals surface area contributed by atoms with Crippen molar-refractivity contribution in [1.29, 1.82) is 0 Å². The molecule has 1 saturated carbocycles. The fraction of sp³-hybridized carbons (Fsp3) is 0.571. The Balaban J connectivity index is 2.13. The van der Waals surface area contributed by atoms with Crippen LogP contribution in [0.25, 0.3) is 0 Å². The molecule has 5 nitrogen and oxygen atoms in total. The Morgan fingerprint density at radius 2 is 2.32 bits per heavy atom. The zero-order valence-electron chi connectivity index (χ0n) is 11.3. The summed E-state index contributed by atoms with van der Waals surface area (Å²) < 4.78 is 1.85. The van der Waals surface area contributed by atoms with Crippen LogP contribution in [0.2, 0.25) is 0 Å². The molecule has 0 bridgehead atoms. The van der Waals surface area contributed by atoms with E-state index in [4.69, 9.17) is 0 Å². The second kappa shape index (κ2) is 5.07. The summed E-state index contributed by atoms with van der Waals surface area (Å²) >= 11 is 0. The monoisotopic (exact) mass is 264 g/mol. The number of hydrogen-bond donors (Lipinski definition) is 2. The molecule has 104 valence electrons. The van der Waals surface area contributed by atoms with E-state index in [1.165, 1.54) is 0 Å². The summed E-state index contributed by atoms with van der Waals surface area (Å²) in [5.74, 6) is -1.02. The van der Waals surface area contributed by atoms with Crippen LogP contribution >= 0.6 is 0 Å². The minimum absolute atomic E-state index is 0.189. The molecule has 1 fully saturated rings. The van der Waals surface area contributed by atoms with E-state index >= 15 is 0 Å². The number of rotatable bonds is 4. The SMILES string of the molecule is CCn1cccc1C(=O)NC1CCCC1(C)C(=O)O. The van der Waals surface area contributed by atoms with E-state index in [-0.39, 0.29) is 11.9 Å². The first kappa shape index (κ1) is 13.6. The molecule has 1 amide bonds. The van der Waals surface area contributed by atoms with Gasteiger partial charge in [-0.25, -0.2) is 0 Å². The molecule has 2 rings (SSSR count). The highest BCUT2D eigenvalue weighted by Crippen LogP contribution is 2.38. The van der Waals surface area contributed by atoms with Crippen molar-refractivity contribution < 1.29 is 14.7 Å². The van der Waals surface area contributed by atoms with E-state index in [0.29, 0.717) is 12.1 Å². The number of nitrogens with zero attached hydrogens (tertiary/aromatic N) is 1. The molecule has 0 spiro atoms. The fourth-order valence-corrected chi connectivity index (χ4v) is 2.78. The van der Waals surface area contributed by atoms with Gasteiger partial charge in [0.15, 0.2) is 0 Å². The van der Waals surface area contributed by atoms with E-state index in [1.807, 2.05) is 23.8 Å². The van der Waals surface area contributed by atoms with Crippen LogP contribution in [0, 0.1) is 5.41 Å². The maximum Gasteiger partial charge on any atom is 0.311 e. The molecule has 0 radical (unpaired) electrons. The van der Waals surface area contributed by atoms with Gasteiger partial charge in [0, 0.05) is 18.8 Å². The summed E-state index contributed by atoms with van der Waals surface area (Å²) in [5, 5.41) is 12.2. The first-order valence-corrected chi connectivity index (χ1v) is 6.68. The minimum atomic E-state index is -0.848.